The van der Waals surface area contributed by atoms with E-state index in [1.807, 2.05) is 24.3 Å². The molecule has 3 rings (SSSR count). The number of hydrogen-bond acceptors (Lipinski definition) is 3. The highest BCUT2D eigenvalue weighted by atomic mass is 16.2. The molecule has 0 aliphatic heterocycles. The van der Waals surface area contributed by atoms with Crippen molar-refractivity contribution in [3.05, 3.63) is 29.5 Å². The predicted molar refractivity (Wildman–Crippen MR) is 81.3 cm³/mol. The summed E-state index contributed by atoms with van der Waals surface area (Å²) in [4.78, 5) is 21.2. The molecule has 1 saturated carbocycles. The highest BCUT2D eigenvalue weighted by Gasteiger charge is 2.32. The van der Waals surface area contributed by atoms with E-state index in [9.17, 15) is 4.79 Å². The molecule has 2 aromatic heterocycles. The van der Waals surface area contributed by atoms with Gasteiger partial charge < -0.3 is 5.32 Å². The number of carbonyl (C=O) groups excluding carboxylic acids is 1. The Balaban J connectivity index is 1.84. The molecule has 2 atom stereocenters. The Morgan fingerprint density at radius 1 is 1.38 bits per heavy atom. The molecule has 0 bridgehead atoms. The topological polar surface area (TPSA) is 59.3 Å². The van der Waals surface area contributed by atoms with E-state index in [0.29, 0.717) is 17.3 Å². The van der Waals surface area contributed by atoms with Crippen molar-refractivity contribution in [2.45, 2.75) is 46.6 Å². The largest absolute Gasteiger partial charge is 0.348 e. The second kappa shape index (κ2) is 5.13. The Bertz CT molecular complexity index is 687. The van der Waals surface area contributed by atoms with E-state index in [1.165, 1.54) is 12.8 Å². The third-order valence-corrected chi connectivity index (χ3v) is 4.55. The van der Waals surface area contributed by atoms with Crippen molar-refractivity contribution in [3.63, 3.8) is 0 Å². The molecule has 2 unspecified atom stereocenters. The summed E-state index contributed by atoms with van der Waals surface area (Å²) in [5.74, 6) is 1.15. The van der Waals surface area contributed by atoms with Gasteiger partial charge >= 0.3 is 0 Å². The zero-order valence-electron chi connectivity index (χ0n) is 13.1. The van der Waals surface area contributed by atoms with Gasteiger partial charge in [-0.15, -0.1) is 0 Å². The highest BCUT2D eigenvalue weighted by Crippen LogP contribution is 2.38. The van der Waals surface area contributed by atoms with Crippen LogP contribution in [0.2, 0.25) is 0 Å². The van der Waals surface area contributed by atoms with Crippen molar-refractivity contribution in [2.75, 3.05) is 0 Å². The average Bonchev–Trinajstić information content (AvgIpc) is 3.17. The van der Waals surface area contributed by atoms with Gasteiger partial charge in [-0.25, -0.2) is 9.97 Å². The molecule has 0 radical (unpaired) electrons. The first-order valence-electron chi connectivity index (χ1n) is 7.59. The maximum atomic E-state index is 12.5. The summed E-state index contributed by atoms with van der Waals surface area (Å²) in [6, 6.07) is 2.14. The minimum absolute atomic E-state index is 0.130. The second-order valence-corrected chi connectivity index (χ2v) is 6.28. The number of aromatic nitrogens is 3. The van der Waals surface area contributed by atoms with Gasteiger partial charge in [0.25, 0.3) is 5.91 Å². The van der Waals surface area contributed by atoms with Gasteiger partial charge in [-0.05, 0) is 51.5 Å². The number of hydrogen-bond donors (Lipinski definition) is 1. The van der Waals surface area contributed by atoms with Crippen LogP contribution in [0.5, 0.6) is 0 Å². The van der Waals surface area contributed by atoms with Crippen LogP contribution in [0.15, 0.2) is 12.4 Å². The van der Waals surface area contributed by atoms with Crippen LogP contribution in [0.4, 0.5) is 0 Å². The van der Waals surface area contributed by atoms with Crippen molar-refractivity contribution < 1.29 is 4.79 Å². The lowest BCUT2D eigenvalue weighted by Crippen LogP contribution is -2.38. The van der Waals surface area contributed by atoms with Gasteiger partial charge in [-0.1, -0.05) is 6.92 Å². The fourth-order valence-corrected chi connectivity index (χ4v) is 2.88. The number of rotatable bonds is 4. The first kappa shape index (κ1) is 14.0. The summed E-state index contributed by atoms with van der Waals surface area (Å²) >= 11 is 0. The Labute approximate surface area is 124 Å². The number of imidazole rings is 1. The molecule has 1 aliphatic rings. The molecule has 0 spiro atoms. The lowest BCUT2D eigenvalue weighted by molar-refractivity contribution is 0.0922. The SMILES string of the molecule is Cc1cc(C)n2cnc(C(=O)NC(C)C(C)C3CC3)c2n1. The van der Waals surface area contributed by atoms with Crippen LogP contribution in [0.1, 0.15) is 48.6 Å². The molecule has 1 fully saturated rings. The van der Waals surface area contributed by atoms with Gasteiger partial charge in [0.05, 0.1) is 0 Å². The van der Waals surface area contributed by atoms with E-state index in [0.717, 1.165) is 17.3 Å². The van der Waals surface area contributed by atoms with E-state index in [1.54, 1.807) is 6.33 Å². The van der Waals surface area contributed by atoms with Crippen LogP contribution in [-0.2, 0) is 0 Å². The van der Waals surface area contributed by atoms with Gasteiger partial charge in [0.15, 0.2) is 11.3 Å². The minimum Gasteiger partial charge on any atom is -0.348 e. The normalized spacial score (nSPS) is 17.7. The van der Waals surface area contributed by atoms with E-state index < -0.39 is 0 Å². The van der Waals surface area contributed by atoms with E-state index in [2.05, 4.69) is 29.1 Å². The molecular formula is C16H22N4O. The Kier molecular flexibility index (Phi) is 3.43. The summed E-state index contributed by atoms with van der Waals surface area (Å²) in [6.45, 7) is 8.20. The summed E-state index contributed by atoms with van der Waals surface area (Å²) in [5.41, 5.74) is 2.98. The number of fused-ring (bicyclic) bond motifs is 1. The monoisotopic (exact) mass is 286 g/mol. The molecule has 5 nitrogen and oxygen atoms in total. The van der Waals surface area contributed by atoms with Crippen molar-refractivity contribution in [3.8, 4) is 0 Å². The van der Waals surface area contributed by atoms with Crippen LogP contribution in [0, 0.1) is 25.7 Å². The molecule has 2 aromatic rings. The molecule has 21 heavy (non-hydrogen) atoms. The first-order chi connectivity index (χ1) is 9.97. The summed E-state index contributed by atoms with van der Waals surface area (Å²) in [6.07, 6.45) is 4.24. The third-order valence-electron chi connectivity index (χ3n) is 4.55. The maximum absolute atomic E-state index is 12.5. The van der Waals surface area contributed by atoms with Crippen molar-refractivity contribution in [2.24, 2.45) is 11.8 Å². The molecule has 1 N–H and O–H groups in total. The smallest absolute Gasteiger partial charge is 0.274 e. The second-order valence-electron chi connectivity index (χ2n) is 6.28. The highest BCUT2D eigenvalue weighted by molar-refractivity contribution is 5.98. The minimum atomic E-state index is -0.130. The average molecular weight is 286 g/mol. The van der Waals surface area contributed by atoms with Crippen LogP contribution >= 0.6 is 0 Å². The van der Waals surface area contributed by atoms with Crippen LogP contribution in [-0.4, -0.2) is 26.3 Å². The Morgan fingerprint density at radius 3 is 2.76 bits per heavy atom. The van der Waals surface area contributed by atoms with Crippen LogP contribution in [0.3, 0.4) is 0 Å². The van der Waals surface area contributed by atoms with Crippen LogP contribution < -0.4 is 5.32 Å². The number of nitrogens with one attached hydrogen (secondary N) is 1. The van der Waals surface area contributed by atoms with Gasteiger partial charge in [0.1, 0.15) is 6.33 Å². The molecule has 1 aliphatic carbocycles. The van der Waals surface area contributed by atoms with E-state index >= 15 is 0 Å². The van der Waals surface area contributed by atoms with Crippen molar-refractivity contribution in [1.29, 1.82) is 0 Å². The van der Waals surface area contributed by atoms with E-state index in [4.69, 9.17) is 0 Å². The lowest BCUT2D eigenvalue weighted by Gasteiger charge is -2.20. The first-order valence-corrected chi connectivity index (χ1v) is 7.59. The zero-order chi connectivity index (χ0) is 15.1. The van der Waals surface area contributed by atoms with Crippen molar-refractivity contribution in [1.82, 2.24) is 19.7 Å². The molecule has 0 aromatic carbocycles. The summed E-state index contributed by atoms with van der Waals surface area (Å²) in [5, 5.41) is 3.08. The van der Waals surface area contributed by atoms with Crippen LogP contribution in [0.25, 0.3) is 5.65 Å². The third kappa shape index (κ3) is 2.64. The molecule has 5 heteroatoms. The molecule has 1 amide bonds. The molecule has 2 heterocycles. The van der Waals surface area contributed by atoms with Gasteiger partial charge in [0, 0.05) is 17.4 Å². The number of carbonyl (C=O) groups is 1. The Morgan fingerprint density at radius 2 is 2.10 bits per heavy atom. The maximum Gasteiger partial charge on any atom is 0.274 e. The number of nitrogens with zero attached hydrogens (tertiary/aromatic N) is 3. The molecule has 112 valence electrons. The zero-order valence-corrected chi connectivity index (χ0v) is 13.1. The van der Waals surface area contributed by atoms with Gasteiger partial charge in [-0.2, -0.15) is 0 Å². The standard InChI is InChI=1S/C16H22N4O/c1-9-7-10(2)20-8-17-14(15(20)18-9)16(21)19-12(4)11(3)13-5-6-13/h7-8,11-13H,5-6H2,1-4H3,(H,19,21). The molecular weight excluding hydrogens is 264 g/mol. The Hall–Kier alpha value is -1.91. The fourth-order valence-electron chi connectivity index (χ4n) is 2.88. The fraction of sp³-hybridized carbons (Fsp3) is 0.562. The van der Waals surface area contributed by atoms with Crippen molar-refractivity contribution >= 4 is 11.6 Å². The summed E-state index contributed by atoms with van der Waals surface area (Å²) in [7, 11) is 0. The van der Waals surface area contributed by atoms with Gasteiger partial charge in [0.2, 0.25) is 0 Å². The van der Waals surface area contributed by atoms with E-state index in [-0.39, 0.29) is 11.9 Å². The molecule has 0 saturated heterocycles. The number of aryl methyl sites for hydroxylation is 2. The predicted octanol–water partition coefficient (Wildman–Crippen LogP) is 2.51. The van der Waals surface area contributed by atoms with Gasteiger partial charge in [-0.3, -0.25) is 9.20 Å². The lowest BCUT2D eigenvalue weighted by atomic mass is 9.98. The summed E-state index contributed by atoms with van der Waals surface area (Å²) < 4.78 is 1.86. The quantitative estimate of drug-likeness (QED) is 0.939. The number of amides is 1.